The molecular formula is C11H8Cl2O3. The van der Waals surface area contributed by atoms with E-state index in [9.17, 15) is 9.59 Å². The molecule has 0 aliphatic heterocycles. The van der Waals surface area contributed by atoms with Gasteiger partial charge in [-0.05, 0) is 25.1 Å². The zero-order valence-electron chi connectivity index (χ0n) is 8.33. The Hall–Kier alpha value is -1.32. The lowest BCUT2D eigenvalue weighted by atomic mass is 10.0. The SMILES string of the molecule is CC(=CC(=O)O)C(=O)c1ccc(Cl)c(Cl)c1. The van der Waals surface area contributed by atoms with Crippen LogP contribution in [0.2, 0.25) is 10.0 Å². The molecule has 0 radical (unpaired) electrons. The van der Waals surface area contributed by atoms with Crippen molar-refractivity contribution >= 4 is 35.0 Å². The number of hydrogen-bond donors (Lipinski definition) is 1. The smallest absolute Gasteiger partial charge is 0.328 e. The monoisotopic (exact) mass is 258 g/mol. The highest BCUT2D eigenvalue weighted by Gasteiger charge is 2.11. The number of allylic oxidation sites excluding steroid dienone is 1. The number of carboxylic acid groups (broad SMARTS) is 1. The third-order valence-corrected chi connectivity index (χ3v) is 2.62. The van der Waals surface area contributed by atoms with Crippen LogP contribution in [0, 0.1) is 0 Å². The van der Waals surface area contributed by atoms with E-state index in [4.69, 9.17) is 28.3 Å². The minimum atomic E-state index is -1.16. The molecular weight excluding hydrogens is 251 g/mol. The van der Waals surface area contributed by atoms with Gasteiger partial charge in [0.25, 0.3) is 0 Å². The third kappa shape index (κ3) is 3.08. The highest BCUT2D eigenvalue weighted by molar-refractivity contribution is 6.42. The van der Waals surface area contributed by atoms with Crippen molar-refractivity contribution in [3.8, 4) is 0 Å². The molecule has 1 aromatic carbocycles. The van der Waals surface area contributed by atoms with Crippen LogP contribution in [0.4, 0.5) is 0 Å². The molecule has 0 saturated heterocycles. The molecule has 0 saturated carbocycles. The van der Waals surface area contributed by atoms with Crippen molar-refractivity contribution in [2.45, 2.75) is 6.92 Å². The molecule has 3 nitrogen and oxygen atoms in total. The van der Waals surface area contributed by atoms with Gasteiger partial charge in [0.05, 0.1) is 10.0 Å². The minimum absolute atomic E-state index is 0.130. The Kier molecular flexibility index (Phi) is 4.10. The molecule has 16 heavy (non-hydrogen) atoms. The van der Waals surface area contributed by atoms with Gasteiger partial charge in [0.1, 0.15) is 0 Å². The average molecular weight is 259 g/mol. The fourth-order valence-corrected chi connectivity index (χ4v) is 1.41. The highest BCUT2D eigenvalue weighted by Crippen LogP contribution is 2.23. The van der Waals surface area contributed by atoms with Gasteiger partial charge in [-0.1, -0.05) is 23.2 Å². The lowest BCUT2D eigenvalue weighted by Gasteiger charge is -2.02. The quantitative estimate of drug-likeness (QED) is 0.669. The number of halogens is 2. The number of Topliss-reactive ketones (excluding diaryl/α,β-unsaturated/α-hetero) is 1. The summed E-state index contributed by atoms with van der Waals surface area (Å²) in [7, 11) is 0. The number of carbonyl (C=O) groups excluding carboxylic acids is 1. The molecule has 0 fully saturated rings. The van der Waals surface area contributed by atoms with Crippen LogP contribution in [0.1, 0.15) is 17.3 Å². The molecule has 0 heterocycles. The number of benzene rings is 1. The van der Waals surface area contributed by atoms with Crippen molar-refractivity contribution in [2.24, 2.45) is 0 Å². The molecule has 0 amide bonds. The van der Waals surface area contributed by atoms with E-state index >= 15 is 0 Å². The van der Waals surface area contributed by atoms with E-state index in [0.29, 0.717) is 10.6 Å². The van der Waals surface area contributed by atoms with Crippen LogP contribution in [0.3, 0.4) is 0 Å². The predicted octanol–water partition coefficient (Wildman–Crippen LogP) is 3.21. The second kappa shape index (κ2) is 5.14. The molecule has 1 rings (SSSR count). The number of carboxylic acids is 1. The normalized spacial score (nSPS) is 11.3. The van der Waals surface area contributed by atoms with Crippen molar-refractivity contribution in [3.63, 3.8) is 0 Å². The summed E-state index contributed by atoms with van der Waals surface area (Å²) in [5, 5.41) is 9.11. The fraction of sp³-hybridized carbons (Fsp3) is 0.0909. The van der Waals surface area contributed by atoms with Gasteiger partial charge in [0.15, 0.2) is 5.78 Å². The van der Waals surface area contributed by atoms with E-state index in [-0.39, 0.29) is 16.4 Å². The second-order valence-corrected chi connectivity index (χ2v) is 3.94. The molecule has 1 aromatic rings. The molecule has 0 atom stereocenters. The van der Waals surface area contributed by atoms with E-state index in [1.165, 1.54) is 25.1 Å². The standard InChI is InChI=1S/C11H8Cl2O3/c1-6(4-10(14)15)11(16)7-2-3-8(12)9(13)5-7/h2-5H,1H3,(H,14,15). The van der Waals surface area contributed by atoms with Crippen LogP contribution < -0.4 is 0 Å². The first-order valence-corrected chi connectivity index (χ1v) is 5.08. The third-order valence-electron chi connectivity index (χ3n) is 1.88. The summed E-state index contributed by atoms with van der Waals surface area (Å²) in [6, 6.07) is 4.40. The summed E-state index contributed by atoms with van der Waals surface area (Å²) in [6.07, 6.45) is 0.852. The van der Waals surface area contributed by atoms with Crippen LogP contribution in [-0.4, -0.2) is 16.9 Å². The van der Waals surface area contributed by atoms with Crippen LogP contribution in [-0.2, 0) is 4.79 Å². The molecule has 5 heteroatoms. The van der Waals surface area contributed by atoms with E-state index in [1.807, 2.05) is 0 Å². The lowest BCUT2D eigenvalue weighted by Crippen LogP contribution is -2.03. The topological polar surface area (TPSA) is 54.4 Å². The van der Waals surface area contributed by atoms with Gasteiger partial charge in [-0.15, -0.1) is 0 Å². The largest absolute Gasteiger partial charge is 0.478 e. The van der Waals surface area contributed by atoms with E-state index < -0.39 is 5.97 Å². The Bertz CT molecular complexity index is 478. The molecule has 84 valence electrons. The van der Waals surface area contributed by atoms with Crippen molar-refractivity contribution < 1.29 is 14.7 Å². The fourth-order valence-electron chi connectivity index (χ4n) is 1.12. The maximum atomic E-state index is 11.7. The van der Waals surface area contributed by atoms with Gasteiger partial charge in [-0.25, -0.2) is 4.79 Å². The van der Waals surface area contributed by atoms with Gasteiger partial charge in [0, 0.05) is 17.2 Å². The zero-order valence-corrected chi connectivity index (χ0v) is 9.84. The summed E-state index contributed by atoms with van der Waals surface area (Å²) in [5.74, 6) is -1.55. The summed E-state index contributed by atoms with van der Waals surface area (Å²) < 4.78 is 0. The first-order chi connectivity index (χ1) is 7.41. The maximum Gasteiger partial charge on any atom is 0.328 e. The molecule has 0 unspecified atom stereocenters. The molecule has 0 spiro atoms. The van der Waals surface area contributed by atoms with Crippen molar-refractivity contribution in [1.29, 1.82) is 0 Å². The van der Waals surface area contributed by atoms with Gasteiger partial charge in [0.2, 0.25) is 0 Å². The first kappa shape index (κ1) is 12.7. The molecule has 0 bridgehead atoms. The Balaban J connectivity index is 3.06. The lowest BCUT2D eigenvalue weighted by molar-refractivity contribution is -0.131. The molecule has 0 aromatic heterocycles. The first-order valence-electron chi connectivity index (χ1n) is 4.33. The van der Waals surface area contributed by atoms with Gasteiger partial charge in [-0.3, -0.25) is 4.79 Å². The van der Waals surface area contributed by atoms with Gasteiger partial charge in [-0.2, -0.15) is 0 Å². The van der Waals surface area contributed by atoms with Crippen LogP contribution in [0.25, 0.3) is 0 Å². The molecule has 1 N–H and O–H groups in total. The Morgan fingerprint density at radius 3 is 2.38 bits per heavy atom. The Morgan fingerprint density at radius 2 is 1.88 bits per heavy atom. The number of rotatable bonds is 3. The van der Waals surface area contributed by atoms with Crippen LogP contribution in [0.5, 0.6) is 0 Å². The number of hydrogen-bond acceptors (Lipinski definition) is 2. The summed E-state index contributed by atoms with van der Waals surface area (Å²) in [6.45, 7) is 1.43. The van der Waals surface area contributed by atoms with Gasteiger partial charge < -0.3 is 5.11 Å². The van der Waals surface area contributed by atoms with Crippen molar-refractivity contribution in [1.82, 2.24) is 0 Å². The summed E-state index contributed by atoms with van der Waals surface area (Å²) in [4.78, 5) is 22.1. The van der Waals surface area contributed by atoms with Crippen molar-refractivity contribution in [2.75, 3.05) is 0 Å². The zero-order chi connectivity index (χ0) is 12.3. The van der Waals surface area contributed by atoms with Crippen LogP contribution >= 0.6 is 23.2 Å². The van der Waals surface area contributed by atoms with E-state index in [1.54, 1.807) is 0 Å². The predicted molar refractivity (Wildman–Crippen MR) is 62.2 cm³/mol. The van der Waals surface area contributed by atoms with Crippen molar-refractivity contribution in [3.05, 3.63) is 45.5 Å². The maximum absolute atomic E-state index is 11.7. The number of aliphatic carboxylic acids is 1. The Labute approximate surface area is 102 Å². The second-order valence-electron chi connectivity index (χ2n) is 3.12. The Morgan fingerprint density at radius 1 is 1.25 bits per heavy atom. The summed E-state index contributed by atoms with van der Waals surface area (Å²) in [5.41, 5.74) is 0.440. The number of carbonyl (C=O) groups is 2. The average Bonchev–Trinajstić information content (AvgIpc) is 2.20. The highest BCUT2D eigenvalue weighted by atomic mass is 35.5. The number of ketones is 1. The van der Waals surface area contributed by atoms with Gasteiger partial charge >= 0.3 is 5.97 Å². The van der Waals surface area contributed by atoms with E-state index in [2.05, 4.69) is 0 Å². The molecule has 0 aliphatic carbocycles. The molecule has 0 aliphatic rings. The van der Waals surface area contributed by atoms with Crippen LogP contribution in [0.15, 0.2) is 29.8 Å². The summed E-state index contributed by atoms with van der Waals surface area (Å²) >= 11 is 11.4. The van der Waals surface area contributed by atoms with E-state index in [0.717, 1.165) is 6.08 Å². The minimum Gasteiger partial charge on any atom is -0.478 e.